The summed E-state index contributed by atoms with van der Waals surface area (Å²) in [5.41, 5.74) is 8.42. The molecule has 0 amide bonds. The van der Waals surface area contributed by atoms with Crippen LogP contribution in [-0.4, -0.2) is 0 Å². The minimum Gasteiger partial charge on any atom is -0.456 e. The average molecular weight is 355 g/mol. The number of anilines is 3. The highest BCUT2D eigenvalue weighted by Gasteiger charge is 2.04. The van der Waals surface area contributed by atoms with Crippen molar-refractivity contribution >= 4 is 33.0 Å². The van der Waals surface area contributed by atoms with Crippen LogP contribution in [0.25, 0.3) is 0 Å². The quantitative estimate of drug-likeness (QED) is 0.602. The van der Waals surface area contributed by atoms with Crippen molar-refractivity contribution in [1.29, 1.82) is 0 Å². The van der Waals surface area contributed by atoms with Crippen molar-refractivity contribution in [3.8, 4) is 11.5 Å². The lowest BCUT2D eigenvalue weighted by atomic mass is 10.2. The van der Waals surface area contributed by atoms with Crippen LogP contribution in [0.1, 0.15) is 0 Å². The van der Waals surface area contributed by atoms with Gasteiger partial charge in [-0.3, -0.25) is 0 Å². The zero-order chi connectivity index (χ0) is 15.4. The molecule has 3 rings (SSSR count). The minimum atomic E-state index is 0.717. The molecule has 0 unspecified atom stereocenters. The molecule has 3 N–H and O–H groups in total. The van der Waals surface area contributed by atoms with Gasteiger partial charge in [0.1, 0.15) is 11.5 Å². The van der Waals surface area contributed by atoms with Gasteiger partial charge in [0, 0.05) is 17.1 Å². The minimum absolute atomic E-state index is 0.717. The third kappa shape index (κ3) is 3.59. The zero-order valence-corrected chi connectivity index (χ0v) is 13.4. The van der Waals surface area contributed by atoms with Crippen molar-refractivity contribution in [3.05, 3.63) is 77.3 Å². The summed E-state index contributed by atoms with van der Waals surface area (Å²) < 4.78 is 6.72. The van der Waals surface area contributed by atoms with Gasteiger partial charge >= 0.3 is 0 Å². The Morgan fingerprint density at radius 3 is 2.23 bits per heavy atom. The molecule has 22 heavy (non-hydrogen) atoms. The molecule has 0 aliphatic rings. The molecule has 0 saturated carbocycles. The first-order valence-electron chi connectivity index (χ1n) is 6.86. The summed E-state index contributed by atoms with van der Waals surface area (Å²) in [4.78, 5) is 0. The Kier molecular flexibility index (Phi) is 4.30. The van der Waals surface area contributed by atoms with E-state index in [2.05, 4.69) is 21.2 Å². The van der Waals surface area contributed by atoms with E-state index in [1.165, 1.54) is 0 Å². The van der Waals surface area contributed by atoms with Crippen molar-refractivity contribution < 1.29 is 4.74 Å². The Labute approximate surface area is 137 Å². The molecule has 4 heteroatoms. The molecule has 0 saturated heterocycles. The number of nitrogen functional groups attached to an aromatic ring is 1. The molecule has 110 valence electrons. The van der Waals surface area contributed by atoms with Gasteiger partial charge in [-0.1, -0.05) is 18.2 Å². The summed E-state index contributed by atoms with van der Waals surface area (Å²) in [6.45, 7) is 0. The second kappa shape index (κ2) is 6.54. The van der Waals surface area contributed by atoms with Gasteiger partial charge in [0.15, 0.2) is 0 Å². The van der Waals surface area contributed by atoms with Crippen molar-refractivity contribution in [2.24, 2.45) is 0 Å². The molecular formula is C18H15BrN2O. The molecule has 3 aromatic carbocycles. The molecule has 0 heterocycles. The number of hydrogen-bond donors (Lipinski definition) is 2. The van der Waals surface area contributed by atoms with Crippen molar-refractivity contribution in [2.45, 2.75) is 0 Å². The second-order valence-electron chi connectivity index (χ2n) is 4.81. The number of halogens is 1. The Bertz CT molecular complexity index is 758. The van der Waals surface area contributed by atoms with Gasteiger partial charge in [-0.05, 0) is 70.5 Å². The van der Waals surface area contributed by atoms with E-state index in [1.807, 2.05) is 72.8 Å². The normalized spacial score (nSPS) is 10.2. The van der Waals surface area contributed by atoms with E-state index < -0.39 is 0 Å². The maximum atomic E-state index is 5.84. The summed E-state index contributed by atoms with van der Waals surface area (Å²) >= 11 is 3.54. The number of hydrogen-bond acceptors (Lipinski definition) is 3. The predicted octanol–water partition coefficient (Wildman–Crippen LogP) is 5.57. The van der Waals surface area contributed by atoms with E-state index in [0.29, 0.717) is 5.69 Å². The molecular weight excluding hydrogens is 340 g/mol. The Morgan fingerprint density at radius 1 is 0.818 bits per heavy atom. The van der Waals surface area contributed by atoms with E-state index in [-0.39, 0.29) is 0 Å². The van der Waals surface area contributed by atoms with Crippen LogP contribution in [0.15, 0.2) is 77.3 Å². The largest absolute Gasteiger partial charge is 0.456 e. The van der Waals surface area contributed by atoms with Crippen molar-refractivity contribution in [1.82, 2.24) is 0 Å². The Balaban J connectivity index is 1.76. The van der Waals surface area contributed by atoms with Crippen LogP contribution in [0.3, 0.4) is 0 Å². The van der Waals surface area contributed by atoms with Crippen LogP contribution >= 0.6 is 15.9 Å². The number of rotatable bonds is 4. The number of benzene rings is 3. The van der Waals surface area contributed by atoms with Gasteiger partial charge in [-0.15, -0.1) is 0 Å². The molecule has 0 fully saturated rings. The van der Waals surface area contributed by atoms with Crippen LogP contribution in [0.2, 0.25) is 0 Å². The summed E-state index contributed by atoms with van der Waals surface area (Å²) in [7, 11) is 0. The highest BCUT2D eigenvalue weighted by atomic mass is 79.9. The number of ether oxygens (including phenoxy) is 1. The lowest BCUT2D eigenvalue weighted by Crippen LogP contribution is -1.91. The standard InChI is InChI=1S/C18H15BrN2O/c19-17-12-15(21-14-4-2-1-3-5-14)8-11-18(17)22-16-9-6-13(20)7-10-16/h1-12,21H,20H2. The summed E-state index contributed by atoms with van der Waals surface area (Å²) in [5.74, 6) is 1.50. The van der Waals surface area contributed by atoms with E-state index in [0.717, 1.165) is 27.3 Å². The first-order valence-corrected chi connectivity index (χ1v) is 7.65. The number of nitrogens with two attached hydrogens (primary N) is 1. The Hall–Kier alpha value is -2.46. The van der Waals surface area contributed by atoms with Gasteiger partial charge in [0.2, 0.25) is 0 Å². The lowest BCUT2D eigenvalue weighted by molar-refractivity contribution is 0.480. The zero-order valence-electron chi connectivity index (χ0n) is 11.8. The fourth-order valence-corrected chi connectivity index (χ4v) is 2.47. The lowest BCUT2D eigenvalue weighted by Gasteiger charge is -2.11. The highest BCUT2D eigenvalue weighted by Crippen LogP contribution is 2.33. The molecule has 3 nitrogen and oxygen atoms in total. The summed E-state index contributed by atoms with van der Waals surface area (Å²) in [6.07, 6.45) is 0. The molecule has 0 bridgehead atoms. The molecule has 0 atom stereocenters. The maximum absolute atomic E-state index is 5.84. The van der Waals surface area contributed by atoms with Crippen molar-refractivity contribution in [2.75, 3.05) is 11.1 Å². The van der Waals surface area contributed by atoms with E-state index in [1.54, 1.807) is 0 Å². The SMILES string of the molecule is Nc1ccc(Oc2ccc(Nc3ccccc3)cc2Br)cc1. The van der Waals surface area contributed by atoms with Crippen LogP contribution in [0.5, 0.6) is 11.5 Å². The molecule has 0 spiro atoms. The first kappa shape index (κ1) is 14.5. The van der Waals surface area contributed by atoms with E-state index >= 15 is 0 Å². The third-order valence-electron chi connectivity index (χ3n) is 3.10. The Morgan fingerprint density at radius 2 is 1.55 bits per heavy atom. The van der Waals surface area contributed by atoms with Gasteiger partial charge in [-0.2, -0.15) is 0 Å². The average Bonchev–Trinajstić information content (AvgIpc) is 2.53. The summed E-state index contributed by atoms with van der Waals surface area (Å²) in [6, 6.07) is 23.2. The van der Waals surface area contributed by atoms with Crippen molar-refractivity contribution in [3.63, 3.8) is 0 Å². The summed E-state index contributed by atoms with van der Waals surface area (Å²) in [5, 5.41) is 3.34. The van der Waals surface area contributed by atoms with E-state index in [9.17, 15) is 0 Å². The monoisotopic (exact) mass is 354 g/mol. The second-order valence-corrected chi connectivity index (χ2v) is 5.66. The third-order valence-corrected chi connectivity index (χ3v) is 3.72. The topological polar surface area (TPSA) is 47.3 Å². The fraction of sp³-hybridized carbons (Fsp3) is 0. The maximum Gasteiger partial charge on any atom is 0.141 e. The molecule has 0 aromatic heterocycles. The van der Waals surface area contributed by atoms with E-state index in [4.69, 9.17) is 10.5 Å². The number of para-hydroxylation sites is 1. The first-order chi connectivity index (χ1) is 10.7. The van der Waals surface area contributed by atoms with Crippen LogP contribution in [0.4, 0.5) is 17.1 Å². The van der Waals surface area contributed by atoms with Gasteiger partial charge in [0.05, 0.1) is 4.47 Å². The van der Waals surface area contributed by atoms with Crippen LogP contribution in [0, 0.1) is 0 Å². The number of nitrogens with one attached hydrogen (secondary N) is 1. The van der Waals surface area contributed by atoms with Crippen LogP contribution in [-0.2, 0) is 0 Å². The molecule has 0 radical (unpaired) electrons. The molecule has 0 aliphatic carbocycles. The van der Waals surface area contributed by atoms with Gasteiger partial charge < -0.3 is 15.8 Å². The predicted molar refractivity (Wildman–Crippen MR) is 94.8 cm³/mol. The van der Waals surface area contributed by atoms with Crippen LogP contribution < -0.4 is 15.8 Å². The highest BCUT2D eigenvalue weighted by molar-refractivity contribution is 9.10. The fourth-order valence-electron chi connectivity index (χ4n) is 2.01. The van der Waals surface area contributed by atoms with Gasteiger partial charge in [-0.25, -0.2) is 0 Å². The van der Waals surface area contributed by atoms with Gasteiger partial charge in [0.25, 0.3) is 0 Å². The smallest absolute Gasteiger partial charge is 0.141 e. The molecule has 0 aliphatic heterocycles. The molecule has 3 aromatic rings.